The Bertz CT molecular complexity index is 1290. The molecule has 0 aliphatic carbocycles. The summed E-state index contributed by atoms with van der Waals surface area (Å²) in [7, 11) is 0. The van der Waals surface area contributed by atoms with E-state index in [-0.39, 0.29) is 17.0 Å². The van der Waals surface area contributed by atoms with Crippen molar-refractivity contribution in [2.75, 3.05) is 0 Å². The zero-order valence-corrected chi connectivity index (χ0v) is 17.1. The van der Waals surface area contributed by atoms with Crippen molar-refractivity contribution in [1.82, 2.24) is 4.98 Å². The lowest BCUT2D eigenvalue weighted by Gasteiger charge is -2.07. The molecule has 0 saturated carbocycles. The summed E-state index contributed by atoms with van der Waals surface area (Å²) in [6.45, 7) is 4.34. The summed E-state index contributed by atoms with van der Waals surface area (Å²) in [5, 5.41) is 20.9. The first-order chi connectivity index (χ1) is 14.9. The van der Waals surface area contributed by atoms with Crippen LogP contribution in [0.3, 0.4) is 0 Å². The Kier molecular flexibility index (Phi) is 5.49. The number of benzene rings is 3. The molecule has 31 heavy (non-hydrogen) atoms. The van der Waals surface area contributed by atoms with E-state index in [0.717, 1.165) is 23.1 Å². The number of oxazole rings is 1. The van der Waals surface area contributed by atoms with E-state index in [4.69, 9.17) is 4.42 Å². The first-order valence-corrected chi connectivity index (χ1v) is 9.97. The molecule has 0 amide bonds. The van der Waals surface area contributed by atoms with Gasteiger partial charge in [0.2, 0.25) is 5.89 Å². The predicted molar refractivity (Wildman–Crippen MR) is 120 cm³/mol. The zero-order chi connectivity index (χ0) is 22.0. The minimum Gasteiger partial charge on any atom is -0.507 e. The molecular formula is C24H21N3O4. The summed E-state index contributed by atoms with van der Waals surface area (Å²) in [6.07, 6.45) is 2.45. The second-order valence-corrected chi connectivity index (χ2v) is 7.36. The number of aromatic nitrogens is 1. The van der Waals surface area contributed by atoms with Crippen LogP contribution in [-0.2, 0) is 0 Å². The van der Waals surface area contributed by atoms with E-state index >= 15 is 0 Å². The Morgan fingerprint density at radius 1 is 1.19 bits per heavy atom. The average Bonchev–Trinajstić information content (AvgIpc) is 3.21. The lowest BCUT2D eigenvalue weighted by molar-refractivity contribution is -0.384. The number of phenols is 1. The van der Waals surface area contributed by atoms with Gasteiger partial charge in [-0.15, -0.1) is 0 Å². The summed E-state index contributed by atoms with van der Waals surface area (Å²) in [5.41, 5.74) is 4.27. The maximum atomic E-state index is 11.0. The van der Waals surface area contributed by atoms with E-state index in [1.807, 2.05) is 24.3 Å². The molecular weight excluding hydrogens is 394 g/mol. The highest BCUT2D eigenvalue weighted by Crippen LogP contribution is 2.30. The van der Waals surface area contributed by atoms with Gasteiger partial charge in [-0.05, 0) is 54.3 Å². The Hall–Kier alpha value is -4.00. The maximum Gasteiger partial charge on any atom is 0.270 e. The number of aliphatic imine (C=N–C) groups is 1. The van der Waals surface area contributed by atoms with Gasteiger partial charge in [-0.25, -0.2) is 4.98 Å². The number of aromatic hydroxyl groups is 1. The molecule has 0 bridgehead atoms. The summed E-state index contributed by atoms with van der Waals surface area (Å²) in [6, 6.07) is 17.2. The van der Waals surface area contributed by atoms with Crippen molar-refractivity contribution in [3.63, 3.8) is 0 Å². The van der Waals surface area contributed by atoms with Gasteiger partial charge < -0.3 is 9.52 Å². The van der Waals surface area contributed by atoms with E-state index in [1.165, 1.54) is 30.0 Å². The minimum atomic E-state index is -0.517. The van der Waals surface area contributed by atoms with Crippen LogP contribution in [0.15, 0.2) is 70.1 Å². The fourth-order valence-corrected chi connectivity index (χ4v) is 3.23. The maximum absolute atomic E-state index is 11.0. The number of phenolic OH excluding ortho intramolecular Hbond substituents is 1. The number of nitro benzene ring substituents is 1. The number of nitrogens with zero attached hydrogens (tertiary/aromatic N) is 3. The quantitative estimate of drug-likeness (QED) is 0.224. The van der Waals surface area contributed by atoms with Crippen molar-refractivity contribution in [3.8, 4) is 17.2 Å². The molecule has 3 aromatic carbocycles. The van der Waals surface area contributed by atoms with Crippen molar-refractivity contribution >= 4 is 28.7 Å². The predicted octanol–water partition coefficient (Wildman–Crippen LogP) is 6.37. The minimum absolute atomic E-state index is 0.0819. The summed E-state index contributed by atoms with van der Waals surface area (Å²) in [4.78, 5) is 19.4. The Morgan fingerprint density at radius 3 is 2.81 bits per heavy atom. The van der Waals surface area contributed by atoms with E-state index in [9.17, 15) is 15.2 Å². The highest BCUT2D eigenvalue weighted by Gasteiger charge is 2.12. The lowest BCUT2D eigenvalue weighted by atomic mass is 9.98. The average molecular weight is 415 g/mol. The number of nitro groups is 1. The van der Waals surface area contributed by atoms with E-state index in [0.29, 0.717) is 17.5 Å². The Labute approximate surface area is 178 Å². The molecule has 0 aliphatic rings. The van der Waals surface area contributed by atoms with Gasteiger partial charge in [0.1, 0.15) is 11.3 Å². The van der Waals surface area contributed by atoms with E-state index < -0.39 is 4.92 Å². The smallest absolute Gasteiger partial charge is 0.270 e. The Morgan fingerprint density at radius 2 is 2.03 bits per heavy atom. The molecule has 0 spiro atoms. The summed E-state index contributed by atoms with van der Waals surface area (Å²) >= 11 is 0. The highest BCUT2D eigenvalue weighted by molar-refractivity contribution is 5.86. The van der Waals surface area contributed by atoms with Gasteiger partial charge in [-0.1, -0.05) is 26.0 Å². The van der Waals surface area contributed by atoms with Gasteiger partial charge in [0.05, 0.1) is 10.6 Å². The highest BCUT2D eigenvalue weighted by atomic mass is 16.6. The fraction of sp³-hybridized carbons (Fsp3) is 0.167. The van der Waals surface area contributed by atoms with Crippen LogP contribution in [0.1, 0.15) is 37.3 Å². The third-order valence-electron chi connectivity index (χ3n) is 5.26. The van der Waals surface area contributed by atoms with Crippen LogP contribution in [0.5, 0.6) is 5.75 Å². The summed E-state index contributed by atoms with van der Waals surface area (Å²) < 4.78 is 5.92. The standard InChI is InChI=1S/C24H21N3O4/c1-3-15(2)16-7-10-23-21(13-16)26-24(31-23)17-5-4-6-19(11-17)25-14-18-12-20(27(29)30)8-9-22(18)28/h4-15,28H,3H2,1-2H3/t15-/m0/s1. The fourth-order valence-electron chi connectivity index (χ4n) is 3.23. The van der Waals surface area contributed by atoms with Crippen LogP contribution in [0.25, 0.3) is 22.6 Å². The largest absolute Gasteiger partial charge is 0.507 e. The molecule has 0 fully saturated rings. The van der Waals surface area contributed by atoms with Crippen LogP contribution in [-0.4, -0.2) is 21.2 Å². The van der Waals surface area contributed by atoms with E-state index in [1.54, 1.807) is 6.07 Å². The van der Waals surface area contributed by atoms with Crippen molar-refractivity contribution in [2.45, 2.75) is 26.2 Å². The molecule has 1 N–H and O–H groups in total. The molecule has 0 unspecified atom stereocenters. The number of hydrogen-bond acceptors (Lipinski definition) is 6. The molecule has 1 atom stereocenters. The number of non-ortho nitro benzene ring substituents is 1. The molecule has 0 saturated heterocycles. The van der Waals surface area contributed by atoms with Crippen LogP contribution >= 0.6 is 0 Å². The molecule has 4 aromatic rings. The molecule has 1 aromatic heterocycles. The SMILES string of the molecule is CC[C@H](C)c1ccc2oc(-c3cccc(N=Cc4cc([N+](=O)[O-])ccc4O)c3)nc2c1. The van der Waals surface area contributed by atoms with Crippen LogP contribution < -0.4 is 0 Å². The number of hydrogen-bond donors (Lipinski definition) is 1. The van der Waals surface area contributed by atoms with E-state index in [2.05, 4.69) is 36.0 Å². The van der Waals surface area contributed by atoms with Gasteiger partial charge in [0.15, 0.2) is 5.58 Å². The first-order valence-electron chi connectivity index (χ1n) is 9.97. The molecule has 0 radical (unpaired) electrons. The molecule has 4 rings (SSSR count). The molecule has 0 aliphatic heterocycles. The Balaban J connectivity index is 1.64. The topological polar surface area (TPSA) is 102 Å². The van der Waals surface area contributed by atoms with Gasteiger partial charge in [-0.2, -0.15) is 0 Å². The number of rotatable bonds is 6. The van der Waals surface area contributed by atoms with Crippen LogP contribution in [0, 0.1) is 10.1 Å². The zero-order valence-electron chi connectivity index (χ0n) is 17.1. The monoisotopic (exact) mass is 415 g/mol. The van der Waals surface area contributed by atoms with Crippen molar-refractivity contribution < 1.29 is 14.4 Å². The van der Waals surface area contributed by atoms with Gasteiger partial charge in [-0.3, -0.25) is 15.1 Å². The van der Waals surface area contributed by atoms with Gasteiger partial charge >= 0.3 is 0 Å². The summed E-state index contributed by atoms with van der Waals surface area (Å²) in [5.74, 6) is 0.862. The van der Waals surface area contributed by atoms with Gasteiger partial charge in [0.25, 0.3) is 5.69 Å². The van der Waals surface area contributed by atoms with Crippen molar-refractivity contribution in [2.24, 2.45) is 4.99 Å². The van der Waals surface area contributed by atoms with Crippen molar-refractivity contribution in [1.29, 1.82) is 0 Å². The molecule has 156 valence electrons. The molecule has 7 heteroatoms. The number of fused-ring (bicyclic) bond motifs is 1. The third kappa shape index (κ3) is 4.30. The normalized spacial score (nSPS) is 12.5. The lowest BCUT2D eigenvalue weighted by Crippen LogP contribution is -1.90. The van der Waals surface area contributed by atoms with Gasteiger partial charge in [0, 0.05) is 29.5 Å². The van der Waals surface area contributed by atoms with Crippen molar-refractivity contribution in [3.05, 3.63) is 81.9 Å². The second kappa shape index (κ2) is 8.39. The van der Waals surface area contributed by atoms with Crippen LogP contribution in [0.2, 0.25) is 0 Å². The molecule has 1 heterocycles. The second-order valence-electron chi connectivity index (χ2n) is 7.36. The molecule has 7 nitrogen and oxygen atoms in total. The third-order valence-corrected chi connectivity index (χ3v) is 5.26. The first kappa shape index (κ1) is 20.3. The van der Waals surface area contributed by atoms with Crippen LogP contribution in [0.4, 0.5) is 11.4 Å².